The quantitative estimate of drug-likeness (QED) is 0.0860. The fourth-order valence-electron chi connectivity index (χ4n) is 4.24. The summed E-state index contributed by atoms with van der Waals surface area (Å²) in [7, 11) is 0. The zero-order valence-corrected chi connectivity index (χ0v) is 20.7. The number of carbonyl (C=O) groups excluding carboxylic acids is 2. The lowest BCUT2D eigenvalue weighted by molar-refractivity contribution is -0.104. The first kappa shape index (κ1) is 27.6. The predicted molar refractivity (Wildman–Crippen MR) is 138 cm³/mol. The van der Waals surface area contributed by atoms with Gasteiger partial charge in [0.25, 0.3) is 0 Å². The van der Waals surface area contributed by atoms with Crippen molar-refractivity contribution < 1.29 is 9.59 Å². The molecule has 0 aromatic heterocycles. The normalized spacial score (nSPS) is 13.2. The zero-order chi connectivity index (χ0) is 23.8. The maximum Gasteiger partial charge on any atom is 0.146 e. The lowest BCUT2D eigenvalue weighted by atomic mass is 9.86. The highest BCUT2D eigenvalue weighted by molar-refractivity contribution is 5.91. The van der Waals surface area contributed by atoms with Crippen LogP contribution >= 0.6 is 0 Å². The second kappa shape index (κ2) is 16.2. The van der Waals surface area contributed by atoms with Crippen molar-refractivity contribution in [1.29, 1.82) is 0 Å². The van der Waals surface area contributed by atoms with E-state index in [9.17, 15) is 9.59 Å². The van der Waals surface area contributed by atoms with Crippen LogP contribution in [-0.2, 0) is 9.59 Å². The lowest BCUT2D eigenvalue weighted by Crippen LogP contribution is -2.00. The van der Waals surface area contributed by atoms with E-state index < -0.39 is 0 Å². The van der Waals surface area contributed by atoms with Gasteiger partial charge in [0, 0.05) is 6.08 Å². The minimum Gasteiger partial charge on any atom is -0.298 e. The maximum atomic E-state index is 11.6. The first-order valence-corrected chi connectivity index (χ1v) is 12.3. The SMILES string of the molecule is C=C(CC)C(/C(=C/CCCCCCCC(C=C=O)CCC)c1ccccc1C)=C(/C)C=O. The molecule has 1 aromatic carbocycles. The third-order valence-electron chi connectivity index (χ3n) is 6.15. The highest BCUT2D eigenvalue weighted by Crippen LogP contribution is 2.34. The largest absolute Gasteiger partial charge is 0.298 e. The van der Waals surface area contributed by atoms with Crippen molar-refractivity contribution in [2.75, 3.05) is 0 Å². The molecule has 0 amide bonds. The van der Waals surface area contributed by atoms with Crippen LogP contribution in [0.3, 0.4) is 0 Å². The van der Waals surface area contributed by atoms with Crippen molar-refractivity contribution in [2.24, 2.45) is 5.92 Å². The van der Waals surface area contributed by atoms with Gasteiger partial charge in [-0.3, -0.25) is 4.79 Å². The molecule has 0 saturated carbocycles. The Labute approximate surface area is 196 Å². The summed E-state index contributed by atoms with van der Waals surface area (Å²) < 4.78 is 0. The molecule has 0 aliphatic carbocycles. The van der Waals surface area contributed by atoms with Gasteiger partial charge in [-0.2, -0.15) is 0 Å². The second-order valence-electron chi connectivity index (χ2n) is 8.74. The highest BCUT2D eigenvalue weighted by atomic mass is 16.1. The molecule has 2 nitrogen and oxygen atoms in total. The van der Waals surface area contributed by atoms with Crippen LogP contribution < -0.4 is 0 Å². The van der Waals surface area contributed by atoms with Gasteiger partial charge in [-0.15, -0.1) is 0 Å². The van der Waals surface area contributed by atoms with Crippen LogP contribution in [0.25, 0.3) is 5.57 Å². The van der Waals surface area contributed by atoms with Crippen LogP contribution in [0.2, 0.25) is 0 Å². The number of benzene rings is 1. The minimum absolute atomic E-state index is 0.398. The number of hydrogen-bond donors (Lipinski definition) is 0. The molecular weight excluding hydrogens is 392 g/mol. The Morgan fingerprint density at radius 2 is 1.75 bits per heavy atom. The van der Waals surface area contributed by atoms with Crippen LogP contribution in [0.15, 0.2) is 59.7 Å². The van der Waals surface area contributed by atoms with Crippen molar-refractivity contribution in [1.82, 2.24) is 0 Å². The van der Waals surface area contributed by atoms with Crippen LogP contribution in [-0.4, -0.2) is 12.2 Å². The minimum atomic E-state index is 0.398. The predicted octanol–water partition coefficient (Wildman–Crippen LogP) is 8.39. The van der Waals surface area contributed by atoms with E-state index in [2.05, 4.69) is 57.7 Å². The summed E-state index contributed by atoms with van der Waals surface area (Å²) in [5.41, 5.74) is 6.30. The highest BCUT2D eigenvalue weighted by Gasteiger charge is 2.15. The van der Waals surface area contributed by atoms with Crippen molar-refractivity contribution in [3.05, 3.63) is 70.8 Å². The molecule has 0 aliphatic rings. The van der Waals surface area contributed by atoms with Crippen molar-refractivity contribution in [3.63, 3.8) is 0 Å². The first-order valence-electron chi connectivity index (χ1n) is 12.3. The molecule has 0 aliphatic heterocycles. The summed E-state index contributed by atoms with van der Waals surface area (Å²) in [6, 6.07) is 8.38. The van der Waals surface area contributed by atoms with Gasteiger partial charge in [0.2, 0.25) is 0 Å². The van der Waals surface area contributed by atoms with Gasteiger partial charge in [0.05, 0.1) is 0 Å². The van der Waals surface area contributed by atoms with E-state index in [1.54, 1.807) is 6.08 Å². The van der Waals surface area contributed by atoms with E-state index in [1.165, 1.54) is 36.8 Å². The number of unbranched alkanes of at least 4 members (excludes halogenated alkanes) is 5. The zero-order valence-electron chi connectivity index (χ0n) is 20.7. The Bertz CT molecular complexity index is 834. The van der Waals surface area contributed by atoms with Gasteiger partial charge in [0.15, 0.2) is 0 Å². The fourth-order valence-corrected chi connectivity index (χ4v) is 4.24. The monoisotopic (exact) mass is 434 g/mol. The average molecular weight is 435 g/mol. The van der Waals surface area contributed by atoms with E-state index in [0.29, 0.717) is 5.92 Å². The van der Waals surface area contributed by atoms with Crippen LogP contribution in [0.5, 0.6) is 0 Å². The molecule has 1 rings (SSSR count). The van der Waals surface area contributed by atoms with Crippen molar-refractivity contribution >= 4 is 17.8 Å². The van der Waals surface area contributed by atoms with Gasteiger partial charge >= 0.3 is 0 Å². The van der Waals surface area contributed by atoms with E-state index in [4.69, 9.17) is 0 Å². The number of aryl methyl sites for hydroxylation is 1. The molecule has 0 radical (unpaired) electrons. The van der Waals surface area contributed by atoms with Crippen LogP contribution in [0.4, 0.5) is 0 Å². The molecular formula is C30H42O2. The maximum absolute atomic E-state index is 11.6. The van der Waals surface area contributed by atoms with Gasteiger partial charge in [0.1, 0.15) is 12.2 Å². The van der Waals surface area contributed by atoms with Crippen molar-refractivity contribution in [3.8, 4) is 0 Å². The van der Waals surface area contributed by atoms with Crippen LogP contribution in [0.1, 0.15) is 96.1 Å². The summed E-state index contributed by atoms with van der Waals surface area (Å²) in [6.07, 6.45) is 16.0. The van der Waals surface area contributed by atoms with E-state index in [-0.39, 0.29) is 0 Å². The molecule has 0 bridgehead atoms. The number of rotatable bonds is 16. The number of hydrogen-bond acceptors (Lipinski definition) is 2. The van der Waals surface area contributed by atoms with Gasteiger partial charge in [-0.25, -0.2) is 4.79 Å². The fraction of sp³-hybridized carbons (Fsp3) is 0.500. The van der Waals surface area contributed by atoms with E-state index >= 15 is 0 Å². The molecule has 2 heteroatoms. The van der Waals surface area contributed by atoms with Gasteiger partial charge in [-0.1, -0.05) is 82.9 Å². The molecule has 1 aromatic rings. The molecule has 174 valence electrons. The molecule has 1 atom stereocenters. The summed E-state index contributed by atoms with van der Waals surface area (Å²) in [5.74, 6) is 2.37. The number of aldehydes is 1. The summed E-state index contributed by atoms with van der Waals surface area (Å²) in [5, 5.41) is 0. The number of carbonyl (C=O) groups is 1. The molecule has 1 unspecified atom stereocenters. The Hall–Kier alpha value is -2.44. The molecule has 0 heterocycles. The van der Waals surface area contributed by atoms with E-state index in [1.807, 2.05) is 12.9 Å². The van der Waals surface area contributed by atoms with E-state index in [0.717, 1.165) is 67.1 Å². The van der Waals surface area contributed by atoms with Crippen molar-refractivity contribution in [2.45, 2.75) is 91.9 Å². The topological polar surface area (TPSA) is 34.1 Å². The summed E-state index contributed by atoms with van der Waals surface area (Å²) in [4.78, 5) is 22.3. The Morgan fingerprint density at radius 1 is 1.06 bits per heavy atom. The Morgan fingerprint density at radius 3 is 2.38 bits per heavy atom. The first-order chi connectivity index (χ1) is 15.5. The van der Waals surface area contributed by atoms with Gasteiger partial charge < -0.3 is 0 Å². The third kappa shape index (κ3) is 9.37. The molecule has 0 fully saturated rings. The molecule has 0 spiro atoms. The Balaban J connectivity index is 2.77. The molecule has 0 saturated heterocycles. The standard InChI is InChI=1S/C30H42O2/c1-6-16-27(21-22-31)18-12-10-8-9-11-13-20-29(28-19-15-14-17-25(28)4)30(24(3)7-2)26(5)23-32/h14-15,17,19-21,23,27H,3,6-13,16,18H2,1-2,4-5H3/b29-20+,30-26+. The summed E-state index contributed by atoms with van der Waals surface area (Å²) in [6.45, 7) is 12.5. The molecule has 32 heavy (non-hydrogen) atoms. The third-order valence-corrected chi connectivity index (χ3v) is 6.15. The average Bonchev–Trinajstić information content (AvgIpc) is 2.80. The smallest absolute Gasteiger partial charge is 0.146 e. The summed E-state index contributed by atoms with van der Waals surface area (Å²) >= 11 is 0. The lowest BCUT2D eigenvalue weighted by Gasteiger charge is -2.18. The second-order valence-corrected chi connectivity index (χ2v) is 8.74. The Kier molecular flexibility index (Phi) is 14.0. The van der Waals surface area contributed by atoms with Gasteiger partial charge in [-0.05, 0) is 85.3 Å². The molecule has 0 N–H and O–H groups in total. The number of allylic oxidation sites excluding steroid dienone is 6. The van der Waals surface area contributed by atoms with Crippen LogP contribution in [0, 0.1) is 12.8 Å².